The normalized spacial score (nSPS) is 14.9. The van der Waals surface area contributed by atoms with Crippen molar-refractivity contribution < 1.29 is 26.3 Å². The predicted molar refractivity (Wildman–Crippen MR) is 99.8 cm³/mol. The van der Waals surface area contributed by atoms with Gasteiger partial charge in [-0.05, 0) is 42.5 Å². The van der Waals surface area contributed by atoms with Crippen LogP contribution in [-0.4, -0.2) is 46.1 Å². The molecule has 0 bridgehead atoms. The highest BCUT2D eigenvalue weighted by Gasteiger charge is 2.30. The van der Waals surface area contributed by atoms with Crippen molar-refractivity contribution in [2.45, 2.75) is 36.8 Å². The van der Waals surface area contributed by atoms with Crippen LogP contribution in [0.1, 0.15) is 31.2 Å². The lowest BCUT2D eigenvalue weighted by atomic mass is 10.2. The summed E-state index contributed by atoms with van der Waals surface area (Å²) in [5, 5.41) is 4.09. The zero-order chi connectivity index (χ0) is 21.7. The van der Waals surface area contributed by atoms with Gasteiger partial charge in [0.1, 0.15) is 10.6 Å². The minimum absolute atomic E-state index is 0.103. The number of rotatable bonds is 6. The van der Waals surface area contributed by atoms with E-state index in [2.05, 4.69) is 14.8 Å². The summed E-state index contributed by atoms with van der Waals surface area (Å²) in [6.07, 6.45) is -0.0421. The van der Waals surface area contributed by atoms with Gasteiger partial charge in [-0.2, -0.15) is 17.9 Å². The Balaban J connectivity index is 1.81. The molecule has 8 nitrogen and oxygen atoms in total. The van der Waals surface area contributed by atoms with E-state index in [0.29, 0.717) is 0 Å². The second-order valence-corrected chi connectivity index (χ2v) is 9.21. The van der Waals surface area contributed by atoms with Gasteiger partial charge < -0.3 is 4.74 Å². The lowest BCUT2D eigenvalue weighted by molar-refractivity contribution is -0.153. The van der Waals surface area contributed by atoms with E-state index >= 15 is 0 Å². The van der Waals surface area contributed by atoms with Crippen LogP contribution in [-0.2, 0) is 9.84 Å². The lowest BCUT2D eigenvalue weighted by Gasteiger charge is -2.09. The summed E-state index contributed by atoms with van der Waals surface area (Å²) < 4.78 is 68.8. The molecule has 3 aromatic heterocycles. The first-order valence-electron chi connectivity index (χ1n) is 9.13. The average Bonchev–Trinajstić information content (AvgIpc) is 3.50. The van der Waals surface area contributed by atoms with Crippen LogP contribution in [0.25, 0.3) is 11.5 Å². The van der Waals surface area contributed by atoms with Crippen LogP contribution in [0.15, 0.2) is 40.3 Å². The second-order valence-electron chi connectivity index (χ2n) is 6.96. The largest absolute Gasteiger partial charge is 0.483 e. The molecule has 0 atom stereocenters. The molecule has 1 aliphatic rings. The smallest absolute Gasteiger partial charge is 0.422 e. The van der Waals surface area contributed by atoms with Crippen LogP contribution >= 0.6 is 0 Å². The molecule has 30 heavy (non-hydrogen) atoms. The molecule has 0 aromatic carbocycles. The molecule has 4 rings (SSSR count). The molecular formula is C18H17F3N4O4S. The summed E-state index contributed by atoms with van der Waals surface area (Å²) in [5.41, 5.74) is 0.111. The maximum Gasteiger partial charge on any atom is 0.422 e. The predicted octanol–water partition coefficient (Wildman–Crippen LogP) is 2.49. The van der Waals surface area contributed by atoms with Crippen molar-refractivity contribution in [1.29, 1.82) is 0 Å². The summed E-state index contributed by atoms with van der Waals surface area (Å²) in [6.45, 7) is -0.0237. The van der Waals surface area contributed by atoms with Gasteiger partial charge in [-0.25, -0.2) is 22.6 Å². The molecule has 0 spiro atoms. The van der Waals surface area contributed by atoms with E-state index in [1.54, 1.807) is 0 Å². The molecule has 0 aliphatic heterocycles. The Hall–Kier alpha value is -2.89. The fourth-order valence-electron chi connectivity index (χ4n) is 2.98. The van der Waals surface area contributed by atoms with Crippen LogP contribution in [0.2, 0.25) is 0 Å². The Morgan fingerprint density at radius 2 is 2.00 bits per heavy atom. The van der Waals surface area contributed by atoms with Crippen LogP contribution in [0.5, 0.6) is 5.75 Å². The molecular weight excluding hydrogens is 425 g/mol. The van der Waals surface area contributed by atoms with Crippen molar-refractivity contribution in [3.63, 3.8) is 0 Å². The molecule has 0 amide bonds. The quantitative estimate of drug-likeness (QED) is 0.582. The number of hydrogen-bond donors (Lipinski definition) is 0. The van der Waals surface area contributed by atoms with Gasteiger partial charge in [0.2, 0.25) is 0 Å². The Kier molecular flexibility index (Phi) is 4.83. The fraction of sp³-hybridized carbons (Fsp3) is 0.389. The van der Waals surface area contributed by atoms with E-state index in [1.807, 2.05) is 0 Å². The summed E-state index contributed by atoms with van der Waals surface area (Å²) in [6, 6.07) is 4.06. The molecule has 0 radical (unpaired) electrons. The van der Waals surface area contributed by atoms with Gasteiger partial charge in [0.15, 0.2) is 27.9 Å². The Morgan fingerprint density at radius 1 is 1.27 bits per heavy atom. The van der Waals surface area contributed by atoms with Gasteiger partial charge in [-0.15, -0.1) is 5.10 Å². The standard InChI is InChI=1S/C18H17F3N4O4S/c1-2-30(27,28)14-7-12(11-3-4-11)8-22-16(14)25-17(26)24-9-13(5-6-15(24)23-25)29-10-18(19,20)21/h5-9,11H,2-4,10H2,1H3. The number of pyridine rings is 2. The van der Waals surface area contributed by atoms with E-state index in [0.717, 1.165) is 33.7 Å². The van der Waals surface area contributed by atoms with Gasteiger partial charge >= 0.3 is 11.9 Å². The van der Waals surface area contributed by atoms with E-state index in [-0.39, 0.29) is 33.8 Å². The third-order valence-corrected chi connectivity index (χ3v) is 6.44. The summed E-state index contributed by atoms with van der Waals surface area (Å²) in [5.74, 6) is -0.260. The zero-order valence-electron chi connectivity index (χ0n) is 15.8. The Morgan fingerprint density at radius 3 is 2.63 bits per heavy atom. The average molecular weight is 442 g/mol. The molecule has 3 aromatic rings. The highest BCUT2D eigenvalue weighted by atomic mass is 32.2. The van der Waals surface area contributed by atoms with Crippen molar-refractivity contribution in [1.82, 2.24) is 19.2 Å². The number of halogens is 3. The third kappa shape index (κ3) is 3.91. The Labute approximate surface area is 168 Å². The van der Waals surface area contributed by atoms with Crippen molar-refractivity contribution in [3.8, 4) is 11.6 Å². The molecule has 3 heterocycles. The molecule has 1 fully saturated rings. The van der Waals surface area contributed by atoms with Crippen molar-refractivity contribution >= 4 is 15.5 Å². The fourth-order valence-corrected chi connectivity index (χ4v) is 4.02. The number of nitrogens with zero attached hydrogens (tertiary/aromatic N) is 4. The zero-order valence-corrected chi connectivity index (χ0v) is 16.6. The number of fused-ring (bicyclic) bond motifs is 1. The minimum Gasteiger partial charge on any atom is -0.483 e. The molecule has 1 saturated carbocycles. The van der Waals surface area contributed by atoms with Crippen LogP contribution in [0.4, 0.5) is 13.2 Å². The van der Waals surface area contributed by atoms with E-state index in [9.17, 15) is 26.4 Å². The number of ether oxygens (including phenoxy) is 1. The van der Waals surface area contributed by atoms with Crippen molar-refractivity contribution in [3.05, 3.63) is 46.6 Å². The highest BCUT2D eigenvalue weighted by molar-refractivity contribution is 7.91. The highest BCUT2D eigenvalue weighted by Crippen LogP contribution is 2.40. The molecule has 0 unspecified atom stereocenters. The van der Waals surface area contributed by atoms with Crippen molar-refractivity contribution in [2.75, 3.05) is 12.4 Å². The lowest BCUT2D eigenvalue weighted by Crippen LogP contribution is -2.23. The van der Waals surface area contributed by atoms with Gasteiger partial charge in [0, 0.05) is 6.20 Å². The molecule has 12 heteroatoms. The molecule has 0 saturated heterocycles. The first-order chi connectivity index (χ1) is 14.1. The first kappa shape index (κ1) is 20.4. The summed E-state index contributed by atoms with van der Waals surface area (Å²) >= 11 is 0. The van der Waals surface area contributed by atoms with Gasteiger partial charge in [0.25, 0.3) is 0 Å². The second kappa shape index (κ2) is 7.11. The minimum atomic E-state index is -4.53. The van der Waals surface area contributed by atoms with E-state index in [1.165, 1.54) is 31.3 Å². The van der Waals surface area contributed by atoms with Gasteiger partial charge in [0.05, 0.1) is 11.9 Å². The van der Waals surface area contributed by atoms with Crippen LogP contribution in [0.3, 0.4) is 0 Å². The molecule has 160 valence electrons. The topological polar surface area (TPSA) is 95.6 Å². The number of sulfone groups is 1. The Bertz CT molecular complexity index is 1280. The van der Waals surface area contributed by atoms with Gasteiger partial charge in [-0.3, -0.25) is 0 Å². The summed E-state index contributed by atoms with van der Waals surface area (Å²) in [4.78, 5) is 16.9. The van der Waals surface area contributed by atoms with Crippen LogP contribution in [0, 0.1) is 0 Å². The number of aromatic nitrogens is 4. The summed E-state index contributed by atoms with van der Waals surface area (Å²) in [7, 11) is -3.71. The number of alkyl halides is 3. The van der Waals surface area contributed by atoms with E-state index in [4.69, 9.17) is 0 Å². The van der Waals surface area contributed by atoms with E-state index < -0.39 is 28.3 Å². The monoisotopic (exact) mass is 442 g/mol. The first-order valence-corrected chi connectivity index (χ1v) is 10.8. The maximum absolute atomic E-state index is 12.8. The van der Waals surface area contributed by atoms with Crippen LogP contribution < -0.4 is 10.4 Å². The SMILES string of the molecule is CCS(=O)(=O)c1cc(C2CC2)cnc1-n1nc2ccc(OCC(F)(F)F)cn2c1=O. The van der Waals surface area contributed by atoms with Gasteiger partial charge in [-0.1, -0.05) is 6.92 Å². The van der Waals surface area contributed by atoms with Crippen molar-refractivity contribution in [2.24, 2.45) is 0 Å². The molecule has 0 N–H and O–H groups in total. The maximum atomic E-state index is 12.8. The number of hydrogen-bond acceptors (Lipinski definition) is 6. The molecule has 1 aliphatic carbocycles. The third-order valence-electron chi connectivity index (χ3n) is 4.71.